The minimum atomic E-state index is -0.0714. The Labute approximate surface area is 171 Å². The maximum Gasteiger partial charge on any atom is 0.163 e. The van der Waals surface area contributed by atoms with E-state index in [4.69, 9.17) is 16.3 Å². The number of halogens is 1. The second-order valence-corrected chi connectivity index (χ2v) is 10.6. The molecule has 6 aliphatic rings. The van der Waals surface area contributed by atoms with Crippen LogP contribution in [0.25, 0.3) is 5.70 Å². The summed E-state index contributed by atoms with van der Waals surface area (Å²) in [6.07, 6.45) is 11.0. The highest BCUT2D eigenvalue weighted by molar-refractivity contribution is 6.30. The van der Waals surface area contributed by atoms with Crippen molar-refractivity contribution >= 4 is 23.1 Å². The molecule has 0 radical (unpaired) electrons. The van der Waals surface area contributed by atoms with Crippen molar-refractivity contribution in [2.75, 3.05) is 13.2 Å². The molecule has 4 saturated carbocycles. The Morgan fingerprint density at radius 3 is 2.61 bits per heavy atom. The average Bonchev–Trinajstić information content (AvgIpc) is 3.09. The molecule has 5 fully saturated rings. The number of rotatable bonds is 2. The number of hydrogen-bond donors (Lipinski definition) is 1. The highest BCUT2D eigenvalue weighted by atomic mass is 35.5. The van der Waals surface area contributed by atoms with Gasteiger partial charge in [-0.15, -0.1) is 0 Å². The summed E-state index contributed by atoms with van der Waals surface area (Å²) in [6, 6.07) is 6.12. The van der Waals surface area contributed by atoms with Crippen LogP contribution >= 0.6 is 11.6 Å². The van der Waals surface area contributed by atoms with Crippen molar-refractivity contribution in [3.05, 3.63) is 40.4 Å². The second-order valence-electron chi connectivity index (χ2n) is 10.2. The smallest absolute Gasteiger partial charge is 0.163 e. The number of fused-ring (bicyclic) bond motifs is 1. The second kappa shape index (κ2) is 6.09. The number of benzene rings is 1. The third-order valence-electron chi connectivity index (χ3n) is 8.46. The summed E-state index contributed by atoms with van der Waals surface area (Å²) in [7, 11) is 0. The molecular weight excluding hydrogens is 370 g/mol. The highest BCUT2D eigenvalue weighted by Gasteiger charge is 2.58. The molecule has 1 aromatic rings. The predicted molar refractivity (Wildman–Crippen MR) is 110 cm³/mol. The molecule has 1 aromatic carbocycles. The monoisotopic (exact) mass is 397 g/mol. The van der Waals surface area contributed by atoms with Crippen molar-refractivity contribution in [1.29, 1.82) is 0 Å². The molecule has 0 amide bonds. The van der Waals surface area contributed by atoms with E-state index in [0.717, 1.165) is 85.8 Å². The topological polar surface area (TPSA) is 38.3 Å². The molecule has 1 spiro atoms. The number of carbonyl (C=O) groups excluding carboxylic acids is 1. The quantitative estimate of drug-likeness (QED) is 0.730. The van der Waals surface area contributed by atoms with E-state index in [2.05, 4.69) is 17.4 Å². The number of ketones is 1. The van der Waals surface area contributed by atoms with Crippen LogP contribution in [0.15, 0.2) is 24.3 Å². The van der Waals surface area contributed by atoms with Gasteiger partial charge in [0.2, 0.25) is 0 Å². The molecule has 4 heteroatoms. The lowest BCUT2D eigenvalue weighted by molar-refractivity contribution is -0.126. The molecule has 3 nitrogen and oxygen atoms in total. The zero-order valence-electron chi connectivity index (χ0n) is 16.3. The first-order valence-electron chi connectivity index (χ1n) is 11.0. The molecule has 0 aromatic heterocycles. The number of hydrogen-bond acceptors (Lipinski definition) is 3. The molecule has 2 heterocycles. The van der Waals surface area contributed by atoms with Crippen LogP contribution in [0, 0.1) is 23.2 Å². The Balaban J connectivity index is 1.37. The van der Waals surface area contributed by atoms with Gasteiger partial charge in [0.25, 0.3) is 0 Å². The molecule has 2 atom stereocenters. The van der Waals surface area contributed by atoms with Crippen molar-refractivity contribution in [3.63, 3.8) is 0 Å². The number of ether oxygens (including phenoxy) is 1. The summed E-state index contributed by atoms with van der Waals surface area (Å²) in [5.74, 6) is 2.80. The van der Waals surface area contributed by atoms with Crippen LogP contribution in [-0.4, -0.2) is 24.5 Å². The lowest BCUT2D eigenvalue weighted by Crippen LogP contribution is -2.52. The van der Waals surface area contributed by atoms with E-state index in [-0.39, 0.29) is 11.0 Å². The van der Waals surface area contributed by atoms with E-state index < -0.39 is 0 Å². The largest absolute Gasteiger partial charge is 0.381 e. The maximum atomic E-state index is 13.6. The molecule has 7 rings (SSSR count). The Hall–Kier alpha value is -1.32. The van der Waals surface area contributed by atoms with Gasteiger partial charge >= 0.3 is 0 Å². The van der Waals surface area contributed by atoms with Gasteiger partial charge in [-0.05, 0) is 86.8 Å². The summed E-state index contributed by atoms with van der Waals surface area (Å²) in [4.78, 5) is 13.6. The lowest BCUT2D eigenvalue weighted by atomic mass is 9.66. The number of carbonyl (C=O) groups is 1. The van der Waals surface area contributed by atoms with E-state index in [9.17, 15) is 4.79 Å². The molecule has 1 N–H and O–H groups in total. The first-order chi connectivity index (χ1) is 13.5. The van der Waals surface area contributed by atoms with Gasteiger partial charge in [-0.1, -0.05) is 17.7 Å². The number of allylic oxidation sites excluding steroid dienone is 1. The van der Waals surface area contributed by atoms with E-state index in [1.54, 1.807) is 0 Å². The van der Waals surface area contributed by atoms with Gasteiger partial charge < -0.3 is 10.1 Å². The highest BCUT2D eigenvalue weighted by Crippen LogP contribution is 2.64. The summed E-state index contributed by atoms with van der Waals surface area (Å²) < 4.78 is 5.62. The molecular formula is C24H28ClNO2. The van der Waals surface area contributed by atoms with Gasteiger partial charge in [-0.25, -0.2) is 0 Å². The first kappa shape index (κ1) is 17.5. The summed E-state index contributed by atoms with van der Waals surface area (Å²) in [5, 5.41) is 4.59. The molecule has 2 unspecified atom stereocenters. The third-order valence-corrected chi connectivity index (χ3v) is 8.69. The fourth-order valence-electron chi connectivity index (χ4n) is 7.31. The number of nitrogens with one attached hydrogen (secondary N) is 1. The average molecular weight is 398 g/mol. The van der Waals surface area contributed by atoms with Crippen molar-refractivity contribution in [3.8, 4) is 0 Å². The molecule has 4 bridgehead atoms. The van der Waals surface area contributed by atoms with Crippen molar-refractivity contribution in [1.82, 2.24) is 5.32 Å². The van der Waals surface area contributed by atoms with Crippen LogP contribution in [0.2, 0.25) is 5.02 Å². The summed E-state index contributed by atoms with van der Waals surface area (Å²) in [6.45, 7) is 1.55. The molecule has 4 aliphatic carbocycles. The normalized spacial score (nSPS) is 38.6. The molecule has 1 saturated heterocycles. The summed E-state index contributed by atoms with van der Waals surface area (Å²) in [5.41, 5.74) is 3.36. The van der Waals surface area contributed by atoms with Crippen molar-refractivity contribution in [2.24, 2.45) is 23.2 Å². The zero-order chi connectivity index (χ0) is 18.9. The van der Waals surface area contributed by atoms with E-state index in [0.29, 0.717) is 5.78 Å². The SMILES string of the molecule is O=C(/C=C1\NC2(CCOCC2)Cc2cc(Cl)ccc21)C12CC3CC(C1)C(C3)C2. The van der Waals surface area contributed by atoms with Gasteiger partial charge in [-0.3, -0.25) is 4.79 Å². The molecule has 28 heavy (non-hydrogen) atoms. The van der Waals surface area contributed by atoms with Crippen molar-refractivity contribution < 1.29 is 9.53 Å². The summed E-state index contributed by atoms with van der Waals surface area (Å²) >= 11 is 6.32. The Morgan fingerprint density at radius 2 is 1.89 bits per heavy atom. The van der Waals surface area contributed by atoms with Crippen LogP contribution in [-0.2, 0) is 16.0 Å². The maximum absolute atomic E-state index is 13.6. The third kappa shape index (κ3) is 2.62. The van der Waals surface area contributed by atoms with Crippen LogP contribution < -0.4 is 5.32 Å². The van der Waals surface area contributed by atoms with Crippen LogP contribution in [0.3, 0.4) is 0 Å². The first-order valence-corrected chi connectivity index (χ1v) is 11.3. The van der Waals surface area contributed by atoms with E-state index in [1.165, 1.54) is 18.4 Å². The van der Waals surface area contributed by atoms with Gasteiger partial charge in [0.15, 0.2) is 5.78 Å². The standard InChI is InChI=1S/C24H28ClNO2/c25-19-1-2-20-18(9-19)14-24(3-5-28-6-4-24)26-21(20)10-22(27)23-11-15-7-16(12-23)17(8-15)13-23/h1-2,9-10,15-17,26H,3-8,11-14H2/b21-10-. The molecule has 148 valence electrons. The fourth-order valence-corrected chi connectivity index (χ4v) is 7.50. The van der Waals surface area contributed by atoms with Crippen LogP contribution in [0.5, 0.6) is 0 Å². The van der Waals surface area contributed by atoms with Gasteiger partial charge in [0.05, 0.1) is 0 Å². The van der Waals surface area contributed by atoms with Gasteiger partial charge in [0, 0.05) is 46.5 Å². The minimum absolute atomic E-state index is 0.00731. The van der Waals surface area contributed by atoms with E-state index >= 15 is 0 Å². The van der Waals surface area contributed by atoms with Crippen LogP contribution in [0.4, 0.5) is 0 Å². The predicted octanol–water partition coefficient (Wildman–Crippen LogP) is 4.77. The fraction of sp³-hybridized carbons (Fsp3) is 0.625. The Morgan fingerprint density at radius 1 is 1.14 bits per heavy atom. The van der Waals surface area contributed by atoms with Gasteiger partial charge in [-0.2, -0.15) is 0 Å². The molecule has 2 aliphatic heterocycles. The Kier molecular flexibility index (Phi) is 3.81. The van der Waals surface area contributed by atoms with Crippen LogP contribution in [0.1, 0.15) is 56.1 Å². The zero-order valence-corrected chi connectivity index (χ0v) is 17.1. The Bertz CT molecular complexity index is 850. The van der Waals surface area contributed by atoms with E-state index in [1.807, 2.05) is 12.1 Å². The van der Waals surface area contributed by atoms with Gasteiger partial charge in [0.1, 0.15) is 0 Å². The van der Waals surface area contributed by atoms with Crippen molar-refractivity contribution in [2.45, 2.75) is 56.9 Å². The lowest BCUT2D eigenvalue weighted by Gasteiger charge is -2.44. The minimum Gasteiger partial charge on any atom is -0.381 e.